The molecule has 1 unspecified atom stereocenters. The van der Waals surface area contributed by atoms with Crippen molar-refractivity contribution in [2.75, 3.05) is 4.90 Å². The Morgan fingerprint density at radius 3 is 2.56 bits per heavy atom. The number of nitrogens with zero attached hydrogens (tertiary/aromatic N) is 4. The van der Waals surface area contributed by atoms with E-state index in [1.807, 2.05) is 0 Å². The minimum Gasteiger partial charge on any atom is -0.384 e. The third-order valence-electron chi connectivity index (χ3n) is 5.63. The molecule has 0 saturated heterocycles. The molecular weight excluding hydrogens is 434 g/mol. The molecule has 1 aromatic heterocycles. The van der Waals surface area contributed by atoms with Crippen LogP contribution in [-0.4, -0.2) is 15.6 Å². The summed E-state index contributed by atoms with van der Waals surface area (Å²) in [6, 6.07) is 9.30. The minimum atomic E-state index is -0.809. The number of aryl methyl sites for hydroxylation is 1. The van der Waals surface area contributed by atoms with Gasteiger partial charge in [0.25, 0.3) is 5.69 Å². The van der Waals surface area contributed by atoms with Crippen molar-refractivity contribution in [3.8, 4) is 6.07 Å². The Balaban J connectivity index is 1.98. The van der Waals surface area contributed by atoms with Crippen LogP contribution in [0.3, 0.4) is 0 Å². The van der Waals surface area contributed by atoms with Crippen molar-refractivity contribution in [1.82, 2.24) is 0 Å². The average Bonchev–Trinajstić information content (AvgIpc) is 3.24. The Labute approximate surface area is 186 Å². The molecular formula is C21H17N5O5S. The molecule has 0 radical (unpaired) electrons. The van der Waals surface area contributed by atoms with Gasteiger partial charge in [-0.1, -0.05) is 17.4 Å². The third-order valence-corrected chi connectivity index (χ3v) is 6.74. The van der Waals surface area contributed by atoms with E-state index in [1.54, 1.807) is 24.0 Å². The lowest BCUT2D eigenvalue weighted by molar-refractivity contribution is -0.384. The number of allylic oxidation sites excluding steroid dienone is 3. The number of nitro groups is 2. The summed E-state index contributed by atoms with van der Waals surface area (Å²) in [5.74, 6) is -0.914. The average molecular weight is 451 g/mol. The molecule has 10 nitrogen and oxygen atoms in total. The lowest BCUT2D eigenvalue weighted by Crippen LogP contribution is -2.38. The second-order valence-corrected chi connectivity index (χ2v) is 8.57. The molecule has 1 aliphatic carbocycles. The van der Waals surface area contributed by atoms with Crippen LogP contribution in [0.1, 0.15) is 35.6 Å². The second-order valence-electron chi connectivity index (χ2n) is 7.48. The van der Waals surface area contributed by atoms with Crippen molar-refractivity contribution in [3.05, 3.63) is 83.7 Å². The Bertz CT molecular complexity index is 1290. The molecule has 2 aliphatic rings. The number of nitriles is 1. The number of nitrogens with two attached hydrogens (primary N) is 1. The van der Waals surface area contributed by atoms with Crippen molar-refractivity contribution < 1.29 is 14.6 Å². The van der Waals surface area contributed by atoms with Gasteiger partial charge < -0.3 is 5.73 Å². The number of Topliss-reactive ketones (excluding diaryl/α,β-unsaturated/α-hetero) is 1. The third kappa shape index (κ3) is 3.30. The number of nitro benzene ring substituents is 1. The molecule has 4 rings (SSSR count). The van der Waals surface area contributed by atoms with E-state index < -0.39 is 15.8 Å². The first-order valence-electron chi connectivity index (χ1n) is 9.69. The Hall–Kier alpha value is -4.04. The summed E-state index contributed by atoms with van der Waals surface area (Å²) in [6.07, 6.45) is 1.32. The molecule has 0 amide bonds. The molecule has 1 aromatic carbocycles. The fourth-order valence-corrected chi connectivity index (χ4v) is 5.14. The van der Waals surface area contributed by atoms with Crippen LogP contribution in [0.15, 0.2) is 53.0 Å². The second kappa shape index (κ2) is 7.90. The topological polar surface area (TPSA) is 156 Å². The van der Waals surface area contributed by atoms with Crippen molar-refractivity contribution in [2.45, 2.75) is 32.1 Å². The van der Waals surface area contributed by atoms with Gasteiger partial charge in [-0.2, -0.15) is 5.26 Å². The zero-order chi connectivity index (χ0) is 23.2. The van der Waals surface area contributed by atoms with E-state index in [-0.39, 0.29) is 34.3 Å². The number of thiophene rings is 1. The molecule has 0 fully saturated rings. The minimum absolute atomic E-state index is 0.0607. The number of benzene rings is 1. The predicted octanol–water partition coefficient (Wildman–Crippen LogP) is 4.18. The summed E-state index contributed by atoms with van der Waals surface area (Å²) in [7, 11) is 0. The summed E-state index contributed by atoms with van der Waals surface area (Å²) < 4.78 is 0. The van der Waals surface area contributed by atoms with E-state index in [1.165, 1.54) is 18.2 Å². The number of non-ortho nitro benzene ring substituents is 1. The normalized spacial score (nSPS) is 18.4. The number of anilines is 1. The van der Waals surface area contributed by atoms with E-state index in [4.69, 9.17) is 5.73 Å². The molecule has 0 bridgehead atoms. The Kier molecular flexibility index (Phi) is 5.23. The van der Waals surface area contributed by atoms with Crippen LogP contribution in [0.5, 0.6) is 0 Å². The highest BCUT2D eigenvalue weighted by molar-refractivity contribution is 7.15. The molecule has 2 N–H and O–H groups in total. The standard InChI is InChI=1S/C21H17N5O5S/c1-11-5-6-12(25(28)29)9-15(11)24-14-3-2-4-16(27)20(14)19(13(10-22)21(24)23)17-7-8-18(32-17)26(30)31/h5-9,19H,2-4,23H2,1H3. The lowest BCUT2D eigenvalue weighted by Gasteiger charge is -2.39. The van der Waals surface area contributed by atoms with E-state index in [0.29, 0.717) is 40.2 Å². The molecule has 0 spiro atoms. The van der Waals surface area contributed by atoms with Gasteiger partial charge in [0.1, 0.15) is 5.82 Å². The summed E-state index contributed by atoms with van der Waals surface area (Å²) >= 11 is 0.899. The van der Waals surface area contributed by atoms with Crippen molar-refractivity contribution in [2.24, 2.45) is 5.73 Å². The zero-order valence-electron chi connectivity index (χ0n) is 16.9. The van der Waals surface area contributed by atoms with Gasteiger partial charge in [-0.3, -0.25) is 29.9 Å². The van der Waals surface area contributed by atoms with Gasteiger partial charge in [-0.25, -0.2) is 0 Å². The van der Waals surface area contributed by atoms with Gasteiger partial charge in [0.05, 0.1) is 33.1 Å². The van der Waals surface area contributed by atoms with Crippen LogP contribution >= 0.6 is 11.3 Å². The van der Waals surface area contributed by atoms with Crippen LogP contribution in [0.4, 0.5) is 16.4 Å². The zero-order valence-corrected chi connectivity index (χ0v) is 17.7. The fourth-order valence-electron chi connectivity index (χ4n) is 4.19. The van der Waals surface area contributed by atoms with Crippen LogP contribution < -0.4 is 10.6 Å². The highest BCUT2D eigenvalue weighted by Crippen LogP contribution is 2.49. The van der Waals surface area contributed by atoms with Crippen LogP contribution in [-0.2, 0) is 4.79 Å². The number of rotatable bonds is 4. The first-order valence-corrected chi connectivity index (χ1v) is 10.5. The summed E-state index contributed by atoms with van der Waals surface area (Å²) in [5.41, 5.74) is 8.43. The van der Waals surface area contributed by atoms with Crippen LogP contribution in [0, 0.1) is 38.5 Å². The van der Waals surface area contributed by atoms with Gasteiger partial charge in [0.15, 0.2) is 5.78 Å². The lowest BCUT2D eigenvalue weighted by atomic mass is 9.78. The maximum absolute atomic E-state index is 13.1. The first-order chi connectivity index (χ1) is 15.2. The molecule has 2 heterocycles. The highest BCUT2D eigenvalue weighted by Gasteiger charge is 2.41. The Morgan fingerprint density at radius 2 is 1.94 bits per heavy atom. The van der Waals surface area contributed by atoms with Crippen molar-refractivity contribution in [3.63, 3.8) is 0 Å². The highest BCUT2D eigenvalue weighted by atomic mass is 32.1. The smallest absolute Gasteiger partial charge is 0.324 e. The van der Waals surface area contributed by atoms with E-state index in [9.17, 15) is 30.3 Å². The van der Waals surface area contributed by atoms with Gasteiger partial charge in [-0.05, 0) is 31.4 Å². The van der Waals surface area contributed by atoms with Crippen LogP contribution in [0.25, 0.3) is 0 Å². The summed E-state index contributed by atoms with van der Waals surface area (Å²) in [6.45, 7) is 1.76. The molecule has 162 valence electrons. The largest absolute Gasteiger partial charge is 0.384 e. The van der Waals surface area contributed by atoms with Crippen LogP contribution in [0.2, 0.25) is 0 Å². The van der Waals surface area contributed by atoms with Crippen molar-refractivity contribution >= 4 is 33.5 Å². The maximum atomic E-state index is 13.1. The van der Waals surface area contributed by atoms with Crippen molar-refractivity contribution in [1.29, 1.82) is 5.26 Å². The Morgan fingerprint density at radius 1 is 1.19 bits per heavy atom. The summed E-state index contributed by atoms with van der Waals surface area (Å²) in [4.78, 5) is 36.6. The van der Waals surface area contributed by atoms with Gasteiger partial charge >= 0.3 is 5.00 Å². The molecule has 11 heteroatoms. The van der Waals surface area contributed by atoms with Gasteiger partial charge in [0, 0.05) is 40.8 Å². The summed E-state index contributed by atoms with van der Waals surface area (Å²) in [5, 5.41) is 32.4. The molecule has 1 atom stereocenters. The maximum Gasteiger partial charge on any atom is 0.324 e. The van der Waals surface area contributed by atoms with E-state index in [0.717, 1.165) is 11.3 Å². The molecule has 1 aliphatic heterocycles. The molecule has 2 aromatic rings. The van der Waals surface area contributed by atoms with Gasteiger partial charge in [-0.15, -0.1) is 0 Å². The predicted molar refractivity (Wildman–Crippen MR) is 117 cm³/mol. The first kappa shape index (κ1) is 21.2. The number of hydrogen-bond acceptors (Lipinski definition) is 9. The fraction of sp³-hybridized carbons (Fsp3) is 0.238. The number of ketones is 1. The van der Waals surface area contributed by atoms with Gasteiger partial charge in [0.2, 0.25) is 0 Å². The number of hydrogen-bond donors (Lipinski definition) is 1. The SMILES string of the molecule is Cc1ccc([N+](=O)[O-])cc1N1C(N)=C(C#N)C(c2ccc([N+](=O)[O-])s2)C2=C1CCCC2=O. The molecule has 0 saturated carbocycles. The van der Waals surface area contributed by atoms with E-state index >= 15 is 0 Å². The monoisotopic (exact) mass is 451 g/mol. The number of carbonyl (C=O) groups is 1. The quantitative estimate of drug-likeness (QED) is 0.536. The van der Waals surface area contributed by atoms with E-state index in [2.05, 4.69) is 6.07 Å². The molecule has 32 heavy (non-hydrogen) atoms. The number of carbonyl (C=O) groups excluding carboxylic acids is 1.